The molecule has 0 aliphatic heterocycles. The zero-order valence-electron chi connectivity index (χ0n) is 11.9. The van der Waals surface area contributed by atoms with Crippen molar-refractivity contribution in [1.29, 1.82) is 5.26 Å². The highest BCUT2D eigenvalue weighted by molar-refractivity contribution is 5.91. The molecule has 0 bridgehead atoms. The summed E-state index contributed by atoms with van der Waals surface area (Å²) >= 11 is 0. The van der Waals surface area contributed by atoms with Crippen LogP contribution in [0, 0.1) is 17.2 Å². The number of hydrogen-bond donors (Lipinski definition) is 1. The van der Waals surface area contributed by atoms with Gasteiger partial charge < -0.3 is 9.84 Å². The van der Waals surface area contributed by atoms with Crippen molar-refractivity contribution in [3.63, 3.8) is 0 Å². The molecule has 0 fully saturated rings. The number of ether oxygens (including phenoxy) is 1. The normalized spacial score (nSPS) is 9.00. The summed E-state index contributed by atoms with van der Waals surface area (Å²) in [5.74, 6) is -0.812. The van der Waals surface area contributed by atoms with Gasteiger partial charge in [-0.25, -0.2) is 4.79 Å². The average molecular weight is 269 g/mol. The van der Waals surface area contributed by atoms with Gasteiger partial charge in [0.1, 0.15) is 11.6 Å². The molecule has 0 spiro atoms. The molecule has 5 heteroatoms. The largest absolute Gasteiger partial charge is 0.481 e. The Morgan fingerprint density at radius 2 is 2.00 bits per heavy atom. The Labute approximate surface area is 114 Å². The quantitative estimate of drug-likeness (QED) is 0.436. The first kappa shape index (κ1) is 19.5. The van der Waals surface area contributed by atoms with Crippen LogP contribution in [-0.4, -0.2) is 23.7 Å². The molecule has 0 radical (unpaired) electrons. The summed E-state index contributed by atoms with van der Waals surface area (Å²) < 4.78 is 4.74. The first-order valence-electron chi connectivity index (χ1n) is 6.33. The van der Waals surface area contributed by atoms with Crippen LogP contribution in [0.5, 0.6) is 0 Å². The van der Waals surface area contributed by atoms with Crippen molar-refractivity contribution in [2.24, 2.45) is 5.92 Å². The Kier molecular flexibility index (Phi) is 13.0. The summed E-state index contributed by atoms with van der Waals surface area (Å²) in [5.41, 5.74) is -0.140. The number of carboxylic acid groups (broad SMARTS) is 1. The van der Waals surface area contributed by atoms with Crippen LogP contribution in [0.4, 0.5) is 0 Å². The standard InChI is InChI=1S/C9H13NO2.C5H10O2/c1-7(2)4-5-12-9(11)8(3)6-10;1-2-3-4-5(6)7/h7H,3-5H2,1-2H3;2-4H2,1H3,(H,6,7). The molecular weight excluding hydrogens is 246 g/mol. The van der Waals surface area contributed by atoms with Gasteiger partial charge in [0.15, 0.2) is 0 Å². The van der Waals surface area contributed by atoms with Gasteiger partial charge in [0, 0.05) is 6.42 Å². The average Bonchev–Trinajstić information content (AvgIpc) is 2.35. The molecule has 1 N–H and O–H groups in total. The first-order chi connectivity index (χ1) is 8.84. The molecule has 0 aromatic carbocycles. The summed E-state index contributed by atoms with van der Waals surface area (Å²) in [7, 11) is 0. The van der Waals surface area contributed by atoms with E-state index in [1.54, 1.807) is 6.07 Å². The lowest BCUT2D eigenvalue weighted by atomic mass is 10.1. The highest BCUT2D eigenvalue weighted by atomic mass is 16.5. The van der Waals surface area contributed by atoms with Crippen molar-refractivity contribution < 1.29 is 19.4 Å². The molecular formula is C14H23NO4. The van der Waals surface area contributed by atoms with Crippen molar-refractivity contribution in [3.05, 3.63) is 12.2 Å². The Balaban J connectivity index is 0. The summed E-state index contributed by atoms with van der Waals surface area (Å²) in [6.07, 6.45) is 2.89. The number of carbonyl (C=O) groups is 2. The van der Waals surface area contributed by atoms with E-state index in [1.165, 1.54) is 0 Å². The van der Waals surface area contributed by atoms with Gasteiger partial charge in [-0.2, -0.15) is 5.26 Å². The van der Waals surface area contributed by atoms with Crippen LogP contribution in [0.2, 0.25) is 0 Å². The number of esters is 1. The van der Waals surface area contributed by atoms with Crippen molar-refractivity contribution in [2.75, 3.05) is 6.61 Å². The van der Waals surface area contributed by atoms with E-state index in [-0.39, 0.29) is 5.57 Å². The minimum absolute atomic E-state index is 0.140. The minimum atomic E-state index is -0.693. The van der Waals surface area contributed by atoms with E-state index in [9.17, 15) is 9.59 Å². The third-order valence-corrected chi connectivity index (χ3v) is 2.05. The van der Waals surface area contributed by atoms with Crippen LogP contribution < -0.4 is 0 Å². The van der Waals surface area contributed by atoms with Crippen LogP contribution in [-0.2, 0) is 14.3 Å². The number of aliphatic carboxylic acids is 1. The molecule has 19 heavy (non-hydrogen) atoms. The lowest BCUT2D eigenvalue weighted by Gasteiger charge is -2.04. The third kappa shape index (κ3) is 16.2. The fraction of sp³-hybridized carbons (Fsp3) is 0.643. The van der Waals surface area contributed by atoms with Crippen LogP contribution in [0.25, 0.3) is 0 Å². The van der Waals surface area contributed by atoms with E-state index in [2.05, 4.69) is 6.58 Å². The number of nitriles is 1. The molecule has 0 unspecified atom stereocenters. The van der Waals surface area contributed by atoms with Gasteiger partial charge in [0.05, 0.1) is 6.61 Å². The van der Waals surface area contributed by atoms with E-state index >= 15 is 0 Å². The first-order valence-corrected chi connectivity index (χ1v) is 6.33. The molecule has 5 nitrogen and oxygen atoms in total. The SMILES string of the molecule is C=C(C#N)C(=O)OCCC(C)C.CCCCC(=O)O. The van der Waals surface area contributed by atoms with E-state index < -0.39 is 11.9 Å². The predicted molar refractivity (Wildman–Crippen MR) is 72.3 cm³/mol. The van der Waals surface area contributed by atoms with Crippen LogP contribution >= 0.6 is 0 Å². The maximum absolute atomic E-state index is 10.8. The van der Waals surface area contributed by atoms with Gasteiger partial charge >= 0.3 is 11.9 Å². The molecule has 108 valence electrons. The number of carboxylic acids is 1. The molecule has 0 aliphatic carbocycles. The number of nitrogens with zero attached hydrogens (tertiary/aromatic N) is 1. The van der Waals surface area contributed by atoms with E-state index in [0.717, 1.165) is 19.3 Å². The molecule has 0 aromatic rings. The Bertz CT molecular complexity index is 329. The van der Waals surface area contributed by atoms with Gasteiger partial charge in [-0.3, -0.25) is 4.79 Å². The summed E-state index contributed by atoms with van der Waals surface area (Å²) in [6.45, 7) is 9.64. The van der Waals surface area contributed by atoms with Gasteiger partial charge in [-0.15, -0.1) is 0 Å². The Morgan fingerprint density at radius 3 is 2.32 bits per heavy atom. The van der Waals surface area contributed by atoms with Crippen LogP contribution in [0.15, 0.2) is 12.2 Å². The van der Waals surface area contributed by atoms with Crippen molar-refractivity contribution in [1.82, 2.24) is 0 Å². The fourth-order valence-corrected chi connectivity index (χ4v) is 0.848. The number of carbonyl (C=O) groups excluding carboxylic acids is 1. The Morgan fingerprint density at radius 1 is 1.42 bits per heavy atom. The second-order valence-corrected chi connectivity index (χ2v) is 4.41. The van der Waals surface area contributed by atoms with Crippen molar-refractivity contribution >= 4 is 11.9 Å². The second-order valence-electron chi connectivity index (χ2n) is 4.41. The molecule has 0 saturated heterocycles. The minimum Gasteiger partial charge on any atom is -0.481 e. The lowest BCUT2D eigenvalue weighted by molar-refractivity contribution is -0.139. The molecule has 0 saturated carbocycles. The number of rotatable bonds is 7. The van der Waals surface area contributed by atoms with Crippen molar-refractivity contribution in [2.45, 2.75) is 46.5 Å². The van der Waals surface area contributed by atoms with E-state index in [1.807, 2.05) is 20.8 Å². The topological polar surface area (TPSA) is 87.4 Å². The highest BCUT2D eigenvalue weighted by Gasteiger charge is 2.06. The number of unbranched alkanes of at least 4 members (excludes halogenated alkanes) is 1. The summed E-state index contributed by atoms with van der Waals surface area (Å²) in [5, 5.41) is 16.3. The van der Waals surface area contributed by atoms with Gasteiger partial charge in [0.25, 0.3) is 0 Å². The smallest absolute Gasteiger partial charge is 0.348 e. The zero-order valence-corrected chi connectivity index (χ0v) is 11.9. The monoisotopic (exact) mass is 269 g/mol. The van der Waals surface area contributed by atoms with Gasteiger partial charge in [-0.1, -0.05) is 33.8 Å². The predicted octanol–water partition coefficient (Wildman–Crippen LogP) is 2.92. The Hall–Kier alpha value is -1.83. The van der Waals surface area contributed by atoms with Gasteiger partial charge in [0.2, 0.25) is 0 Å². The maximum atomic E-state index is 10.8. The third-order valence-electron chi connectivity index (χ3n) is 2.05. The lowest BCUT2D eigenvalue weighted by Crippen LogP contribution is -2.08. The number of hydrogen-bond acceptors (Lipinski definition) is 4. The van der Waals surface area contributed by atoms with Crippen LogP contribution in [0.3, 0.4) is 0 Å². The molecule has 0 aliphatic rings. The molecule has 0 atom stereocenters. The van der Waals surface area contributed by atoms with Gasteiger partial charge in [-0.05, 0) is 18.8 Å². The highest BCUT2D eigenvalue weighted by Crippen LogP contribution is 2.00. The molecule has 0 amide bonds. The van der Waals surface area contributed by atoms with E-state index in [4.69, 9.17) is 15.1 Å². The van der Waals surface area contributed by atoms with Crippen LogP contribution in [0.1, 0.15) is 46.5 Å². The summed E-state index contributed by atoms with van der Waals surface area (Å²) in [4.78, 5) is 20.6. The van der Waals surface area contributed by atoms with Crippen molar-refractivity contribution in [3.8, 4) is 6.07 Å². The molecule has 0 aromatic heterocycles. The fourth-order valence-electron chi connectivity index (χ4n) is 0.848. The second kappa shape index (κ2) is 12.6. The molecule has 0 heterocycles. The molecule has 0 rings (SSSR count). The maximum Gasteiger partial charge on any atom is 0.348 e. The summed E-state index contributed by atoms with van der Waals surface area (Å²) in [6, 6.07) is 1.63. The zero-order chi connectivity index (χ0) is 15.3. The van der Waals surface area contributed by atoms with E-state index in [0.29, 0.717) is 18.9 Å².